The van der Waals surface area contributed by atoms with Gasteiger partial charge in [0.15, 0.2) is 5.11 Å². The molecule has 3 aromatic rings. The molecular weight excluding hydrogens is 416 g/mol. The topological polar surface area (TPSA) is 54.3 Å². The Bertz CT molecular complexity index is 1080. The van der Waals surface area contributed by atoms with Crippen molar-refractivity contribution in [1.29, 1.82) is 0 Å². The van der Waals surface area contributed by atoms with E-state index in [0.717, 1.165) is 16.8 Å². The van der Waals surface area contributed by atoms with Gasteiger partial charge in [-0.3, -0.25) is 10.1 Å². The molecule has 2 N–H and O–H groups in total. The van der Waals surface area contributed by atoms with E-state index >= 15 is 0 Å². The molecule has 0 fully saturated rings. The van der Waals surface area contributed by atoms with E-state index in [4.69, 9.17) is 28.2 Å². The lowest BCUT2D eigenvalue weighted by molar-refractivity contribution is -0.115. The summed E-state index contributed by atoms with van der Waals surface area (Å²) in [6.45, 7) is 6.22. The van der Waals surface area contributed by atoms with Gasteiger partial charge >= 0.3 is 0 Å². The number of halogens is 1. The standard InChI is InChI=1S/C24H23ClN2O2S/c1-15(2)17-6-8-19(9-7-17)26-24(30)27-23(28)13-11-20-10-12-22(29-20)18-5-4-16(3)21(25)14-18/h4-15H,1-3H3,(H2,26,27,28,30)/b13-11+. The molecule has 1 aromatic heterocycles. The van der Waals surface area contributed by atoms with Crippen molar-refractivity contribution in [3.05, 3.63) is 82.6 Å². The van der Waals surface area contributed by atoms with Crippen molar-refractivity contribution in [1.82, 2.24) is 5.32 Å². The first-order valence-electron chi connectivity index (χ1n) is 9.58. The first-order valence-corrected chi connectivity index (χ1v) is 10.4. The molecule has 6 heteroatoms. The number of benzene rings is 2. The maximum absolute atomic E-state index is 12.1. The van der Waals surface area contributed by atoms with Gasteiger partial charge in [-0.05, 0) is 72.6 Å². The Morgan fingerprint density at radius 1 is 1.10 bits per heavy atom. The predicted molar refractivity (Wildman–Crippen MR) is 128 cm³/mol. The first kappa shape index (κ1) is 21.8. The van der Waals surface area contributed by atoms with Crippen LogP contribution in [0, 0.1) is 6.92 Å². The summed E-state index contributed by atoms with van der Waals surface area (Å²) in [5, 5.41) is 6.54. The molecule has 0 unspecified atom stereocenters. The van der Waals surface area contributed by atoms with Crippen molar-refractivity contribution in [3.8, 4) is 11.3 Å². The molecular formula is C24H23ClN2O2S. The van der Waals surface area contributed by atoms with Crippen LogP contribution < -0.4 is 10.6 Å². The van der Waals surface area contributed by atoms with Crippen LogP contribution in [0.25, 0.3) is 17.4 Å². The molecule has 4 nitrogen and oxygen atoms in total. The minimum absolute atomic E-state index is 0.233. The summed E-state index contributed by atoms with van der Waals surface area (Å²) in [5.41, 5.74) is 3.94. The summed E-state index contributed by atoms with van der Waals surface area (Å²) in [5.74, 6) is 1.35. The predicted octanol–water partition coefficient (Wildman–Crippen LogP) is 6.56. The number of nitrogens with one attached hydrogen (secondary N) is 2. The summed E-state index contributed by atoms with van der Waals surface area (Å²) in [6, 6.07) is 17.3. The highest BCUT2D eigenvalue weighted by atomic mass is 35.5. The average molecular weight is 439 g/mol. The van der Waals surface area contributed by atoms with E-state index in [9.17, 15) is 4.79 Å². The molecule has 1 amide bonds. The van der Waals surface area contributed by atoms with E-state index < -0.39 is 0 Å². The fourth-order valence-corrected chi connectivity index (χ4v) is 3.17. The van der Waals surface area contributed by atoms with Gasteiger partial charge in [-0.15, -0.1) is 0 Å². The minimum Gasteiger partial charge on any atom is -0.457 e. The third-order valence-electron chi connectivity index (χ3n) is 4.55. The van der Waals surface area contributed by atoms with Crippen molar-refractivity contribution < 1.29 is 9.21 Å². The van der Waals surface area contributed by atoms with E-state index in [1.54, 1.807) is 12.1 Å². The van der Waals surface area contributed by atoms with E-state index in [1.165, 1.54) is 11.6 Å². The monoisotopic (exact) mass is 438 g/mol. The van der Waals surface area contributed by atoms with Crippen molar-refractivity contribution in [2.75, 3.05) is 5.32 Å². The molecule has 1 heterocycles. The molecule has 154 valence electrons. The van der Waals surface area contributed by atoms with Gasteiger partial charge in [0.05, 0.1) is 0 Å². The van der Waals surface area contributed by atoms with Gasteiger partial charge in [-0.25, -0.2) is 0 Å². The van der Waals surface area contributed by atoms with Crippen LogP contribution in [0.15, 0.2) is 65.1 Å². The molecule has 0 aliphatic heterocycles. The number of anilines is 1. The number of furan rings is 1. The number of aryl methyl sites for hydroxylation is 1. The van der Waals surface area contributed by atoms with Gasteiger partial charge in [-0.1, -0.05) is 49.7 Å². The Morgan fingerprint density at radius 3 is 2.50 bits per heavy atom. The minimum atomic E-state index is -0.345. The number of carbonyl (C=O) groups is 1. The van der Waals surface area contributed by atoms with E-state index in [0.29, 0.717) is 22.5 Å². The molecule has 0 bridgehead atoms. The summed E-state index contributed by atoms with van der Waals surface area (Å²) in [7, 11) is 0. The maximum atomic E-state index is 12.1. The van der Waals surface area contributed by atoms with Crippen molar-refractivity contribution in [2.24, 2.45) is 0 Å². The third-order valence-corrected chi connectivity index (χ3v) is 5.17. The van der Waals surface area contributed by atoms with Crippen LogP contribution in [-0.2, 0) is 4.79 Å². The summed E-state index contributed by atoms with van der Waals surface area (Å²) >= 11 is 11.4. The largest absolute Gasteiger partial charge is 0.457 e. The Balaban J connectivity index is 1.56. The lowest BCUT2D eigenvalue weighted by Gasteiger charge is -2.10. The highest BCUT2D eigenvalue weighted by Crippen LogP contribution is 2.27. The van der Waals surface area contributed by atoms with Crippen LogP contribution in [0.5, 0.6) is 0 Å². The second-order valence-electron chi connectivity index (χ2n) is 7.22. The van der Waals surface area contributed by atoms with Crippen molar-refractivity contribution >= 4 is 46.6 Å². The normalized spacial score (nSPS) is 11.1. The lowest BCUT2D eigenvalue weighted by Crippen LogP contribution is -2.32. The Kier molecular flexibility index (Phi) is 7.08. The molecule has 0 spiro atoms. The number of hydrogen-bond acceptors (Lipinski definition) is 3. The Labute approximate surface area is 186 Å². The number of amides is 1. The van der Waals surface area contributed by atoms with Gasteiger partial charge in [0.1, 0.15) is 11.5 Å². The zero-order chi connectivity index (χ0) is 21.7. The third kappa shape index (κ3) is 5.81. The highest BCUT2D eigenvalue weighted by molar-refractivity contribution is 7.80. The Hall–Kier alpha value is -2.89. The molecule has 0 radical (unpaired) electrons. The molecule has 0 aliphatic rings. The van der Waals surface area contributed by atoms with Gasteiger partial charge in [0, 0.05) is 22.3 Å². The van der Waals surface area contributed by atoms with Crippen LogP contribution in [0.3, 0.4) is 0 Å². The fraction of sp³-hybridized carbons (Fsp3) is 0.167. The van der Waals surface area contributed by atoms with E-state index in [1.807, 2.05) is 55.5 Å². The molecule has 0 saturated carbocycles. The SMILES string of the molecule is Cc1ccc(-c2ccc(/C=C/C(=O)NC(=S)Nc3ccc(C(C)C)cc3)o2)cc1Cl. The van der Waals surface area contributed by atoms with E-state index in [-0.39, 0.29) is 11.0 Å². The van der Waals surface area contributed by atoms with Crippen LogP contribution in [-0.4, -0.2) is 11.0 Å². The molecule has 3 rings (SSSR count). The fourth-order valence-electron chi connectivity index (χ4n) is 2.77. The quantitative estimate of drug-likeness (QED) is 0.350. The first-order chi connectivity index (χ1) is 14.3. The second kappa shape index (κ2) is 9.74. The highest BCUT2D eigenvalue weighted by Gasteiger charge is 2.07. The molecule has 0 aliphatic carbocycles. The van der Waals surface area contributed by atoms with Crippen LogP contribution in [0.2, 0.25) is 5.02 Å². The summed E-state index contributed by atoms with van der Waals surface area (Å²) in [4.78, 5) is 12.1. The zero-order valence-electron chi connectivity index (χ0n) is 17.0. The lowest BCUT2D eigenvalue weighted by atomic mass is 10.0. The van der Waals surface area contributed by atoms with Crippen LogP contribution >= 0.6 is 23.8 Å². The van der Waals surface area contributed by atoms with Crippen LogP contribution in [0.1, 0.15) is 36.7 Å². The average Bonchev–Trinajstić information content (AvgIpc) is 3.18. The van der Waals surface area contributed by atoms with Gasteiger partial charge < -0.3 is 9.73 Å². The smallest absolute Gasteiger partial charge is 0.250 e. The molecule has 30 heavy (non-hydrogen) atoms. The number of hydrogen-bond donors (Lipinski definition) is 2. The number of thiocarbonyl (C=S) groups is 1. The maximum Gasteiger partial charge on any atom is 0.250 e. The molecule has 0 saturated heterocycles. The van der Waals surface area contributed by atoms with Gasteiger partial charge in [0.25, 0.3) is 0 Å². The van der Waals surface area contributed by atoms with Crippen molar-refractivity contribution in [3.63, 3.8) is 0 Å². The summed E-state index contributed by atoms with van der Waals surface area (Å²) in [6.07, 6.45) is 2.97. The van der Waals surface area contributed by atoms with Crippen molar-refractivity contribution in [2.45, 2.75) is 26.7 Å². The molecule has 2 aromatic carbocycles. The van der Waals surface area contributed by atoms with Gasteiger partial charge in [-0.2, -0.15) is 0 Å². The number of rotatable bonds is 5. The van der Waals surface area contributed by atoms with Crippen LogP contribution in [0.4, 0.5) is 5.69 Å². The number of carbonyl (C=O) groups excluding carboxylic acids is 1. The van der Waals surface area contributed by atoms with Gasteiger partial charge in [0.2, 0.25) is 5.91 Å². The molecule has 0 atom stereocenters. The zero-order valence-corrected chi connectivity index (χ0v) is 18.6. The van der Waals surface area contributed by atoms with E-state index in [2.05, 4.69) is 24.5 Å². The summed E-state index contributed by atoms with van der Waals surface area (Å²) < 4.78 is 5.77. The Morgan fingerprint density at radius 2 is 1.83 bits per heavy atom. The second-order valence-corrected chi connectivity index (χ2v) is 8.03.